The lowest BCUT2D eigenvalue weighted by atomic mass is 9.86. The van der Waals surface area contributed by atoms with Crippen LogP contribution in [0.25, 0.3) is 0 Å². The molecular formula is C13H22N2O. The molecule has 3 nitrogen and oxygen atoms in total. The van der Waals surface area contributed by atoms with E-state index in [1.165, 1.54) is 37.7 Å². The van der Waals surface area contributed by atoms with Crippen LogP contribution >= 0.6 is 0 Å². The van der Waals surface area contributed by atoms with E-state index in [2.05, 4.69) is 24.3 Å². The number of hydrogen-bond acceptors (Lipinski definition) is 3. The first kappa shape index (κ1) is 11.6. The van der Waals surface area contributed by atoms with Crippen molar-refractivity contribution >= 4 is 0 Å². The average Bonchev–Trinajstić information content (AvgIpc) is 2.75. The summed E-state index contributed by atoms with van der Waals surface area (Å²) in [5.74, 6) is 1.74. The Labute approximate surface area is 97.6 Å². The van der Waals surface area contributed by atoms with Gasteiger partial charge in [0.2, 0.25) is 0 Å². The molecule has 0 spiro atoms. The third-order valence-corrected chi connectivity index (χ3v) is 3.35. The normalized spacial score (nSPS) is 18.2. The van der Waals surface area contributed by atoms with E-state index in [4.69, 9.17) is 4.52 Å². The third kappa shape index (κ3) is 2.85. The highest BCUT2D eigenvalue weighted by Crippen LogP contribution is 2.34. The molecule has 1 N–H and O–H groups in total. The van der Waals surface area contributed by atoms with Gasteiger partial charge in [-0.1, -0.05) is 38.3 Å². The van der Waals surface area contributed by atoms with Crippen LogP contribution in [0.4, 0.5) is 0 Å². The second-order valence-electron chi connectivity index (χ2n) is 5.09. The number of nitrogens with one attached hydrogen (secondary N) is 1. The largest absolute Gasteiger partial charge is 0.361 e. The minimum absolute atomic E-state index is 0.508. The van der Waals surface area contributed by atoms with E-state index in [-0.39, 0.29) is 0 Å². The Morgan fingerprint density at radius 3 is 2.81 bits per heavy atom. The summed E-state index contributed by atoms with van der Waals surface area (Å²) in [7, 11) is 0. The minimum Gasteiger partial charge on any atom is -0.361 e. The van der Waals surface area contributed by atoms with Gasteiger partial charge in [-0.3, -0.25) is 0 Å². The van der Waals surface area contributed by atoms with Gasteiger partial charge in [0.05, 0.1) is 6.20 Å². The van der Waals surface area contributed by atoms with Gasteiger partial charge in [-0.2, -0.15) is 0 Å². The summed E-state index contributed by atoms with van der Waals surface area (Å²) < 4.78 is 5.45. The molecule has 0 aromatic carbocycles. The summed E-state index contributed by atoms with van der Waals surface area (Å²) in [6.07, 6.45) is 8.46. The van der Waals surface area contributed by atoms with Crippen LogP contribution < -0.4 is 5.32 Å². The summed E-state index contributed by atoms with van der Waals surface area (Å²) in [6.45, 7) is 5.20. The maximum absolute atomic E-state index is 5.45. The number of aromatic nitrogens is 1. The van der Waals surface area contributed by atoms with Gasteiger partial charge in [0.1, 0.15) is 5.76 Å². The van der Waals surface area contributed by atoms with Crippen molar-refractivity contribution < 1.29 is 4.52 Å². The topological polar surface area (TPSA) is 38.1 Å². The van der Waals surface area contributed by atoms with E-state index in [1.807, 2.05) is 6.20 Å². The quantitative estimate of drug-likeness (QED) is 0.850. The molecular weight excluding hydrogens is 200 g/mol. The maximum atomic E-state index is 5.45. The van der Waals surface area contributed by atoms with Crippen LogP contribution in [0.1, 0.15) is 63.2 Å². The molecule has 1 saturated carbocycles. The second kappa shape index (κ2) is 5.48. The van der Waals surface area contributed by atoms with Gasteiger partial charge < -0.3 is 9.84 Å². The predicted octanol–water partition coefficient (Wildman–Crippen LogP) is 3.22. The summed E-state index contributed by atoms with van der Waals surface area (Å²) in [5.41, 5.74) is 1.25. The van der Waals surface area contributed by atoms with Gasteiger partial charge >= 0.3 is 0 Å². The van der Waals surface area contributed by atoms with Gasteiger partial charge in [0.25, 0.3) is 0 Å². The molecule has 1 aromatic heterocycles. The van der Waals surface area contributed by atoms with Gasteiger partial charge in [-0.25, -0.2) is 0 Å². The molecule has 1 aliphatic carbocycles. The van der Waals surface area contributed by atoms with Gasteiger partial charge in [0.15, 0.2) is 0 Å². The zero-order valence-electron chi connectivity index (χ0n) is 10.3. The molecule has 2 rings (SSSR count). The minimum atomic E-state index is 0.508. The van der Waals surface area contributed by atoms with E-state index < -0.39 is 0 Å². The van der Waals surface area contributed by atoms with Crippen molar-refractivity contribution in [2.24, 2.45) is 0 Å². The van der Waals surface area contributed by atoms with Gasteiger partial charge in [0, 0.05) is 24.1 Å². The monoisotopic (exact) mass is 222 g/mol. The SMILES string of the molecule is CC(C)NCc1cnoc1C1CCCCC1. The Kier molecular flexibility index (Phi) is 3.99. The molecule has 3 heteroatoms. The van der Waals surface area contributed by atoms with E-state index in [9.17, 15) is 0 Å². The molecule has 1 heterocycles. The Morgan fingerprint density at radius 1 is 1.38 bits per heavy atom. The van der Waals surface area contributed by atoms with Crippen molar-refractivity contribution in [3.05, 3.63) is 17.5 Å². The Bertz CT molecular complexity index is 313. The van der Waals surface area contributed by atoms with Crippen molar-refractivity contribution in [2.45, 2.75) is 64.5 Å². The molecule has 0 unspecified atom stereocenters. The molecule has 0 bridgehead atoms. The van der Waals surface area contributed by atoms with Crippen LogP contribution in [-0.4, -0.2) is 11.2 Å². The molecule has 0 saturated heterocycles. The highest BCUT2D eigenvalue weighted by Gasteiger charge is 2.22. The summed E-state index contributed by atoms with van der Waals surface area (Å²) >= 11 is 0. The summed E-state index contributed by atoms with van der Waals surface area (Å²) in [4.78, 5) is 0. The van der Waals surface area contributed by atoms with E-state index in [0.29, 0.717) is 12.0 Å². The van der Waals surface area contributed by atoms with Crippen molar-refractivity contribution in [1.29, 1.82) is 0 Å². The maximum Gasteiger partial charge on any atom is 0.144 e. The predicted molar refractivity (Wildman–Crippen MR) is 64.3 cm³/mol. The highest BCUT2D eigenvalue weighted by molar-refractivity contribution is 5.18. The first-order valence-corrected chi connectivity index (χ1v) is 6.44. The van der Waals surface area contributed by atoms with Crippen LogP contribution in [0, 0.1) is 0 Å². The molecule has 1 aliphatic rings. The molecule has 0 aliphatic heterocycles. The first-order chi connectivity index (χ1) is 7.77. The van der Waals surface area contributed by atoms with E-state index in [1.54, 1.807) is 0 Å². The zero-order valence-corrected chi connectivity index (χ0v) is 10.3. The van der Waals surface area contributed by atoms with Crippen molar-refractivity contribution in [1.82, 2.24) is 10.5 Å². The lowest BCUT2D eigenvalue weighted by Crippen LogP contribution is -2.22. The standard InChI is InChI=1S/C13H22N2O/c1-10(2)14-8-12-9-15-16-13(12)11-6-4-3-5-7-11/h9-11,14H,3-8H2,1-2H3. The van der Waals surface area contributed by atoms with E-state index in [0.717, 1.165) is 12.3 Å². The van der Waals surface area contributed by atoms with Crippen molar-refractivity contribution in [3.8, 4) is 0 Å². The fourth-order valence-corrected chi connectivity index (χ4v) is 2.42. The molecule has 1 aromatic rings. The fourth-order valence-electron chi connectivity index (χ4n) is 2.42. The molecule has 0 atom stereocenters. The smallest absolute Gasteiger partial charge is 0.144 e. The van der Waals surface area contributed by atoms with Crippen LogP contribution in [0.5, 0.6) is 0 Å². The zero-order chi connectivity index (χ0) is 11.4. The number of hydrogen-bond donors (Lipinski definition) is 1. The van der Waals surface area contributed by atoms with Crippen LogP contribution in [-0.2, 0) is 6.54 Å². The fraction of sp³-hybridized carbons (Fsp3) is 0.769. The lowest BCUT2D eigenvalue weighted by molar-refractivity contribution is 0.318. The highest BCUT2D eigenvalue weighted by atomic mass is 16.5. The lowest BCUT2D eigenvalue weighted by Gasteiger charge is -2.20. The molecule has 0 radical (unpaired) electrons. The summed E-state index contributed by atoms with van der Waals surface area (Å²) in [6, 6.07) is 0.508. The Morgan fingerprint density at radius 2 is 2.12 bits per heavy atom. The number of rotatable bonds is 4. The van der Waals surface area contributed by atoms with Crippen molar-refractivity contribution in [2.75, 3.05) is 0 Å². The Balaban J connectivity index is 2.00. The van der Waals surface area contributed by atoms with Crippen molar-refractivity contribution in [3.63, 3.8) is 0 Å². The third-order valence-electron chi connectivity index (χ3n) is 3.35. The molecule has 0 amide bonds. The van der Waals surface area contributed by atoms with Gasteiger partial charge in [-0.05, 0) is 12.8 Å². The second-order valence-corrected chi connectivity index (χ2v) is 5.09. The molecule has 90 valence electrons. The Hall–Kier alpha value is -0.830. The van der Waals surface area contributed by atoms with Crippen LogP contribution in [0.2, 0.25) is 0 Å². The van der Waals surface area contributed by atoms with Crippen LogP contribution in [0.3, 0.4) is 0 Å². The van der Waals surface area contributed by atoms with E-state index >= 15 is 0 Å². The molecule has 1 fully saturated rings. The molecule has 16 heavy (non-hydrogen) atoms. The van der Waals surface area contributed by atoms with Gasteiger partial charge in [-0.15, -0.1) is 0 Å². The van der Waals surface area contributed by atoms with Crippen LogP contribution in [0.15, 0.2) is 10.7 Å². The summed E-state index contributed by atoms with van der Waals surface area (Å²) in [5, 5.41) is 7.39. The average molecular weight is 222 g/mol. The number of nitrogens with zero attached hydrogens (tertiary/aromatic N) is 1. The first-order valence-electron chi connectivity index (χ1n) is 6.44.